The van der Waals surface area contributed by atoms with E-state index >= 15 is 0 Å². The first-order chi connectivity index (χ1) is 8.25. The molecule has 0 bridgehead atoms. The van der Waals surface area contributed by atoms with Crippen LogP contribution >= 0.6 is 11.3 Å². The van der Waals surface area contributed by atoms with Crippen molar-refractivity contribution >= 4 is 23.2 Å². The molecule has 3 rings (SSSR count). The molecule has 17 heavy (non-hydrogen) atoms. The summed E-state index contributed by atoms with van der Waals surface area (Å²) >= 11 is 1.60. The van der Waals surface area contributed by atoms with E-state index in [1.807, 2.05) is 23.6 Å². The summed E-state index contributed by atoms with van der Waals surface area (Å²) in [4.78, 5) is 13.2. The molecule has 0 saturated carbocycles. The molecular formula is C14H10O2S. The fourth-order valence-electron chi connectivity index (χ4n) is 2.08. The molecule has 0 spiro atoms. The molecule has 0 unspecified atom stereocenters. The molecule has 0 amide bonds. The van der Waals surface area contributed by atoms with E-state index in [0.29, 0.717) is 12.0 Å². The molecule has 1 aromatic heterocycles. The van der Waals surface area contributed by atoms with Gasteiger partial charge in [0.05, 0.1) is 0 Å². The zero-order chi connectivity index (χ0) is 11.8. The maximum absolute atomic E-state index is 12.1. The molecule has 0 aliphatic heterocycles. The fraction of sp³-hybridized carbons (Fsp3) is 0.0714. The predicted octanol–water partition coefficient (Wildman–Crippen LogP) is 3.28. The van der Waals surface area contributed by atoms with Crippen LogP contribution in [0.25, 0.3) is 6.08 Å². The molecule has 1 N–H and O–H groups in total. The van der Waals surface area contributed by atoms with Gasteiger partial charge in [-0.15, -0.1) is 11.3 Å². The van der Waals surface area contributed by atoms with Crippen molar-refractivity contribution in [2.45, 2.75) is 6.42 Å². The minimum absolute atomic E-state index is 0.0318. The van der Waals surface area contributed by atoms with Crippen LogP contribution in [0.1, 0.15) is 20.8 Å². The molecule has 1 heterocycles. The summed E-state index contributed by atoms with van der Waals surface area (Å²) in [7, 11) is 0. The summed E-state index contributed by atoms with van der Waals surface area (Å²) in [6.07, 6.45) is 2.44. The summed E-state index contributed by atoms with van der Waals surface area (Å²) in [5.41, 5.74) is 2.14. The fourth-order valence-corrected chi connectivity index (χ4v) is 2.76. The Morgan fingerprint density at radius 2 is 2.12 bits per heavy atom. The third-order valence-electron chi connectivity index (χ3n) is 2.91. The van der Waals surface area contributed by atoms with E-state index in [9.17, 15) is 9.90 Å². The van der Waals surface area contributed by atoms with Crippen molar-refractivity contribution < 1.29 is 9.90 Å². The highest BCUT2D eigenvalue weighted by atomic mass is 32.1. The van der Waals surface area contributed by atoms with Crippen molar-refractivity contribution in [3.63, 3.8) is 0 Å². The number of carbonyl (C=O) groups excluding carboxylic acids is 1. The van der Waals surface area contributed by atoms with Gasteiger partial charge in [-0.1, -0.05) is 18.2 Å². The number of ketones is 1. The second-order valence-electron chi connectivity index (χ2n) is 3.99. The van der Waals surface area contributed by atoms with E-state index < -0.39 is 0 Å². The van der Waals surface area contributed by atoms with Crippen LogP contribution in [0, 0.1) is 0 Å². The summed E-state index contributed by atoms with van der Waals surface area (Å²) in [5.74, 6) is 0.245. The van der Waals surface area contributed by atoms with Gasteiger partial charge in [-0.25, -0.2) is 0 Å². The molecule has 3 heteroatoms. The topological polar surface area (TPSA) is 37.3 Å². The van der Waals surface area contributed by atoms with Crippen LogP contribution < -0.4 is 0 Å². The lowest BCUT2D eigenvalue weighted by atomic mass is 10.1. The molecule has 2 aromatic rings. The number of rotatable bonds is 1. The molecule has 1 aliphatic carbocycles. The highest BCUT2D eigenvalue weighted by Crippen LogP contribution is 2.33. The Hall–Kier alpha value is -1.87. The molecular weight excluding hydrogens is 232 g/mol. The van der Waals surface area contributed by atoms with E-state index in [1.165, 1.54) is 0 Å². The quantitative estimate of drug-likeness (QED) is 0.779. The summed E-state index contributed by atoms with van der Waals surface area (Å²) in [6, 6.07) is 9.04. The zero-order valence-electron chi connectivity index (χ0n) is 9.01. The number of thiophene rings is 1. The maximum atomic E-state index is 12.1. The number of fused-ring (bicyclic) bond motifs is 1. The average Bonchev–Trinajstić information content (AvgIpc) is 2.92. The lowest BCUT2D eigenvalue weighted by molar-refractivity contribution is 0.104. The molecule has 1 aromatic carbocycles. The van der Waals surface area contributed by atoms with E-state index in [-0.39, 0.29) is 11.5 Å². The molecule has 0 atom stereocenters. The van der Waals surface area contributed by atoms with Gasteiger partial charge < -0.3 is 5.11 Å². The Kier molecular flexibility index (Phi) is 2.34. The predicted molar refractivity (Wildman–Crippen MR) is 68.4 cm³/mol. The number of phenols is 1. The number of allylic oxidation sites excluding steroid dienone is 1. The SMILES string of the molecule is O=C1/C(=C\c2cccs2)Cc2c(O)cccc21. The Balaban J connectivity index is 2.05. The third kappa shape index (κ3) is 1.68. The van der Waals surface area contributed by atoms with Gasteiger partial charge in [0.15, 0.2) is 5.78 Å². The second-order valence-corrected chi connectivity index (χ2v) is 4.97. The van der Waals surface area contributed by atoms with E-state index in [4.69, 9.17) is 0 Å². The van der Waals surface area contributed by atoms with Gasteiger partial charge in [-0.05, 0) is 23.6 Å². The van der Waals surface area contributed by atoms with Crippen LogP contribution in [0.4, 0.5) is 0 Å². The lowest BCUT2D eigenvalue weighted by Crippen LogP contribution is -1.94. The Morgan fingerprint density at radius 1 is 1.24 bits per heavy atom. The van der Waals surface area contributed by atoms with Crippen LogP contribution in [0.2, 0.25) is 0 Å². The highest BCUT2D eigenvalue weighted by Gasteiger charge is 2.26. The second kappa shape index (κ2) is 3.86. The smallest absolute Gasteiger partial charge is 0.189 e. The van der Waals surface area contributed by atoms with Gasteiger partial charge in [-0.3, -0.25) is 4.79 Å². The van der Waals surface area contributed by atoms with Crippen molar-refractivity contribution in [1.82, 2.24) is 0 Å². The van der Waals surface area contributed by atoms with Crippen LogP contribution in [-0.2, 0) is 6.42 Å². The first kappa shape index (κ1) is 10.3. The minimum atomic E-state index is 0.0318. The number of hydrogen-bond acceptors (Lipinski definition) is 3. The van der Waals surface area contributed by atoms with Gasteiger partial charge >= 0.3 is 0 Å². The summed E-state index contributed by atoms with van der Waals surface area (Å²) in [6.45, 7) is 0. The average molecular weight is 242 g/mol. The third-order valence-corrected chi connectivity index (χ3v) is 3.73. The Labute approximate surface area is 103 Å². The molecule has 0 radical (unpaired) electrons. The zero-order valence-corrected chi connectivity index (χ0v) is 9.83. The molecule has 0 fully saturated rings. The van der Waals surface area contributed by atoms with Gasteiger partial charge in [0.2, 0.25) is 0 Å². The standard InChI is InChI=1S/C14H10O2S/c15-13-5-1-4-11-12(13)8-9(14(11)16)7-10-3-2-6-17-10/h1-7,15H,8H2/b9-7-. The number of carbonyl (C=O) groups is 1. The van der Waals surface area contributed by atoms with Crippen molar-refractivity contribution in [2.75, 3.05) is 0 Å². The van der Waals surface area contributed by atoms with Gasteiger partial charge in [0.1, 0.15) is 5.75 Å². The first-order valence-corrected chi connectivity index (χ1v) is 6.23. The Morgan fingerprint density at radius 3 is 2.82 bits per heavy atom. The maximum Gasteiger partial charge on any atom is 0.189 e. The van der Waals surface area contributed by atoms with Gasteiger partial charge in [-0.2, -0.15) is 0 Å². The van der Waals surface area contributed by atoms with E-state index in [0.717, 1.165) is 16.0 Å². The number of hydrogen-bond donors (Lipinski definition) is 1. The monoisotopic (exact) mass is 242 g/mol. The van der Waals surface area contributed by atoms with E-state index in [2.05, 4.69) is 0 Å². The van der Waals surface area contributed by atoms with Crippen LogP contribution in [0.5, 0.6) is 5.75 Å². The lowest BCUT2D eigenvalue weighted by Gasteiger charge is -1.97. The van der Waals surface area contributed by atoms with Crippen LogP contribution in [0.15, 0.2) is 41.3 Å². The van der Waals surface area contributed by atoms with Crippen molar-refractivity contribution in [3.05, 3.63) is 57.3 Å². The normalized spacial score (nSPS) is 16.5. The van der Waals surface area contributed by atoms with Crippen molar-refractivity contribution in [1.29, 1.82) is 0 Å². The summed E-state index contributed by atoms with van der Waals surface area (Å²) in [5, 5.41) is 11.7. The van der Waals surface area contributed by atoms with Crippen LogP contribution in [-0.4, -0.2) is 10.9 Å². The molecule has 1 aliphatic rings. The molecule has 2 nitrogen and oxygen atoms in total. The number of Topliss-reactive ketones (excluding diaryl/α,β-unsaturated/α-hetero) is 1. The van der Waals surface area contributed by atoms with Gasteiger partial charge in [0.25, 0.3) is 0 Å². The van der Waals surface area contributed by atoms with Crippen molar-refractivity contribution in [3.8, 4) is 5.75 Å². The highest BCUT2D eigenvalue weighted by molar-refractivity contribution is 7.10. The molecule has 84 valence electrons. The Bertz CT molecular complexity index is 609. The van der Waals surface area contributed by atoms with E-state index in [1.54, 1.807) is 29.5 Å². The minimum Gasteiger partial charge on any atom is -0.508 e. The largest absolute Gasteiger partial charge is 0.508 e. The first-order valence-electron chi connectivity index (χ1n) is 5.35. The van der Waals surface area contributed by atoms with Gasteiger partial charge in [0, 0.05) is 28.0 Å². The number of benzene rings is 1. The molecule has 0 saturated heterocycles. The number of aromatic hydroxyl groups is 1. The number of phenolic OH excluding ortho intramolecular Hbond substituents is 1. The van der Waals surface area contributed by atoms with Crippen molar-refractivity contribution in [2.24, 2.45) is 0 Å². The van der Waals surface area contributed by atoms with Crippen LogP contribution in [0.3, 0.4) is 0 Å². The summed E-state index contributed by atoms with van der Waals surface area (Å²) < 4.78 is 0.